The fourth-order valence-electron chi connectivity index (χ4n) is 1.27. The zero-order valence-electron chi connectivity index (χ0n) is 8.85. The molecule has 3 heteroatoms. The first-order valence-electron chi connectivity index (χ1n) is 4.57. The van der Waals surface area contributed by atoms with Crippen LogP contribution in [-0.2, 0) is 0 Å². The fraction of sp³-hybridized carbons (Fsp3) is 0.800. The summed E-state index contributed by atoms with van der Waals surface area (Å²) in [6.45, 7) is 7.05. The molecule has 0 aromatic rings. The smallest absolute Gasteiger partial charge is 0.0443 e. The van der Waals surface area contributed by atoms with E-state index in [0.29, 0.717) is 11.9 Å². The van der Waals surface area contributed by atoms with Crippen molar-refractivity contribution in [1.82, 2.24) is 4.90 Å². The quantitative estimate of drug-likeness (QED) is 0.481. The van der Waals surface area contributed by atoms with Crippen molar-refractivity contribution in [2.75, 3.05) is 31.5 Å². The maximum Gasteiger partial charge on any atom is 0.0443 e. The van der Waals surface area contributed by atoms with Crippen molar-refractivity contribution >= 4 is 23.4 Å². The van der Waals surface area contributed by atoms with Crippen molar-refractivity contribution in [3.8, 4) is 0 Å². The highest BCUT2D eigenvalue weighted by molar-refractivity contribution is 7.98. The highest BCUT2D eigenvalue weighted by atomic mass is 35.5. The third kappa shape index (κ3) is 5.61. The predicted octanol–water partition coefficient (Wildman–Crippen LogP) is 2.85. The summed E-state index contributed by atoms with van der Waals surface area (Å²) in [5.41, 5.74) is 1.10. The summed E-state index contributed by atoms with van der Waals surface area (Å²) >= 11 is 7.58. The highest BCUT2D eigenvalue weighted by Gasteiger charge is 2.11. The Bertz CT molecular complexity index is 150. The molecule has 0 saturated carbocycles. The molecule has 0 saturated heterocycles. The number of likely N-dealkylation sites (N-methyl/N-ethyl adjacent to an activating group) is 1. The fourth-order valence-corrected chi connectivity index (χ4v) is 2.23. The molecular formula is C10H20ClNS. The molecular weight excluding hydrogens is 202 g/mol. The topological polar surface area (TPSA) is 3.24 Å². The minimum absolute atomic E-state index is 0.569. The van der Waals surface area contributed by atoms with E-state index < -0.39 is 0 Å². The van der Waals surface area contributed by atoms with Crippen LogP contribution in [0, 0.1) is 0 Å². The van der Waals surface area contributed by atoms with E-state index in [2.05, 4.69) is 31.7 Å². The van der Waals surface area contributed by atoms with Crippen LogP contribution in [0.5, 0.6) is 0 Å². The first-order chi connectivity index (χ1) is 6.15. The van der Waals surface area contributed by atoms with E-state index in [0.717, 1.165) is 12.1 Å². The van der Waals surface area contributed by atoms with Crippen LogP contribution < -0.4 is 0 Å². The number of nitrogens with zero attached hydrogens (tertiary/aromatic N) is 1. The van der Waals surface area contributed by atoms with Crippen LogP contribution in [0.15, 0.2) is 12.2 Å². The molecule has 0 bridgehead atoms. The van der Waals surface area contributed by atoms with E-state index in [1.807, 2.05) is 11.8 Å². The second-order valence-electron chi connectivity index (χ2n) is 3.32. The van der Waals surface area contributed by atoms with Gasteiger partial charge in [0.05, 0.1) is 0 Å². The van der Waals surface area contributed by atoms with Gasteiger partial charge in [-0.1, -0.05) is 13.5 Å². The Balaban J connectivity index is 3.89. The van der Waals surface area contributed by atoms with Gasteiger partial charge in [0.2, 0.25) is 0 Å². The molecule has 0 aliphatic rings. The van der Waals surface area contributed by atoms with Crippen molar-refractivity contribution in [1.29, 1.82) is 0 Å². The third-order valence-electron chi connectivity index (χ3n) is 2.12. The standard InChI is InChI=1S/C10H20ClNS/c1-5-10(8-13-4)12(3)7-9(2)6-11/h10H,2,5-8H2,1,3-4H3. The first kappa shape index (κ1) is 13.3. The highest BCUT2D eigenvalue weighted by Crippen LogP contribution is 2.10. The van der Waals surface area contributed by atoms with Gasteiger partial charge in [-0.3, -0.25) is 4.90 Å². The maximum absolute atomic E-state index is 5.69. The van der Waals surface area contributed by atoms with Gasteiger partial charge in [-0.05, 0) is 25.3 Å². The number of thioether (sulfide) groups is 1. The Morgan fingerprint density at radius 1 is 1.62 bits per heavy atom. The van der Waals surface area contributed by atoms with E-state index in [1.165, 1.54) is 12.2 Å². The predicted molar refractivity (Wildman–Crippen MR) is 65.0 cm³/mol. The maximum atomic E-state index is 5.69. The molecule has 0 aromatic heterocycles. The zero-order chi connectivity index (χ0) is 10.3. The molecule has 0 amide bonds. The molecule has 1 nitrogen and oxygen atoms in total. The molecule has 0 aromatic carbocycles. The van der Waals surface area contributed by atoms with Crippen LogP contribution in [0.4, 0.5) is 0 Å². The summed E-state index contributed by atoms with van der Waals surface area (Å²) in [7, 11) is 2.14. The van der Waals surface area contributed by atoms with E-state index in [-0.39, 0.29) is 0 Å². The number of halogens is 1. The molecule has 0 spiro atoms. The van der Waals surface area contributed by atoms with Crippen molar-refractivity contribution in [3.05, 3.63) is 12.2 Å². The van der Waals surface area contributed by atoms with Crippen molar-refractivity contribution in [2.45, 2.75) is 19.4 Å². The average Bonchev–Trinajstić information content (AvgIpc) is 2.13. The van der Waals surface area contributed by atoms with E-state index in [4.69, 9.17) is 11.6 Å². The van der Waals surface area contributed by atoms with Crippen LogP contribution in [0.1, 0.15) is 13.3 Å². The van der Waals surface area contributed by atoms with Crippen LogP contribution in [0.25, 0.3) is 0 Å². The average molecular weight is 222 g/mol. The lowest BCUT2D eigenvalue weighted by molar-refractivity contribution is 0.277. The molecule has 0 rings (SSSR count). The van der Waals surface area contributed by atoms with Crippen LogP contribution in [0.2, 0.25) is 0 Å². The second kappa shape index (κ2) is 7.72. The van der Waals surface area contributed by atoms with Gasteiger partial charge in [0.25, 0.3) is 0 Å². The second-order valence-corrected chi connectivity index (χ2v) is 4.49. The molecule has 13 heavy (non-hydrogen) atoms. The van der Waals surface area contributed by atoms with Crippen LogP contribution in [0.3, 0.4) is 0 Å². The van der Waals surface area contributed by atoms with Gasteiger partial charge in [-0.15, -0.1) is 11.6 Å². The largest absolute Gasteiger partial charge is 0.299 e. The Morgan fingerprint density at radius 2 is 2.23 bits per heavy atom. The van der Waals surface area contributed by atoms with Gasteiger partial charge in [-0.2, -0.15) is 11.8 Å². The van der Waals surface area contributed by atoms with Gasteiger partial charge >= 0.3 is 0 Å². The minimum Gasteiger partial charge on any atom is -0.299 e. The molecule has 0 aliphatic carbocycles. The van der Waals surface area contributed by atoms with Gasteiger partial charge in [-0.25, -0.2) is 0 Å². The lowest BCUT2D eigenvalue weighted by Gasteiger charge is -2.26. The Kier molecular flexibility index (Phi) is 7.92. The molecule has 0 aliphatic heterocycles. The van der Waals surface area contributed by atoms with Crippen molar-refractivity contribution in [2.24, 2.45) is 0 Å². The zero-order valence-corrected chi connectivity index (χ0v) is 10.4. The number of hydrogen-bond acceptors (Lipinski definition) is 2. The van der Waals surface area contributed by atoms with Crippen molar-refractivity contribution in [3.63, 3.8) is 0 Å². The summed E-state index contributed by atoms with van der Waals surface area (Å²) in [6, 6.07) is 0.648. The van der Waals surface area contributed by atoms with Gasteiger partial charge < -0.3 is 0 Å². The van der Waals surface area contributed by atoms with Gasteiger partial charge in [0.1, 0.15) is 0 Å². The van der Waals surface area contributed by atoms with Gasteiger partial charge in [0.15, 0.2) is 0 Å². The lowest BCUT2D eigenvalue weighted by atomic mass is 10.2. The molecule has 1 atom stereocenters. The summed E-state index contributed by atoms with van der Waals surface area (Å²) in [6.07, 6.45) is 3.33. The Morgan fingerprint density at radius 3 is 2.62 bits per heavy atom. The number of hydrogen-bond donors (Lipinski definition) is 0. The van der Waals surface area contributed by atoms with Gasteiger partial charge in [0, 0.05) is 24.2 Å². The Hall–Kier alpha value is 0.340. The first-order valence-corrected chi connectivity index (χ1v) is 6.50. The molecule has 1 unspecified atom stereocenters. The van der Waals surface area contributed by atoms with Crippen LogP contribution >= 0.6 is 23.4 Å². The molecule has 0 N–H and O–H groups in total. The van der Waals surface area contributed by atoms with E-state index >= 15 is 0 Å². The monoisotopic (exact) mass is 221 g/mol. The number of alkyl halides is 1. The van der Waals surface area contributed by atoms with E-state index in [9.17, 15) is 0 Å². The molecule has 0 heterocycles. The molecule has 78 valence electrons. The van der Waals surface area contributed by atoms with Crippen molar-refractivity contribution < 1.29 is 0 Å². The normalized spacial score (nSPS) is 13.3. The minimum atomic E-state index is 0.569. The Labute approximate surface area is 91.5 Å². The lowest BCUT2D eigenvalue weighted by Crippen LogP contribution is -2.34. The molecule has 0 fully saturated rings. The molecule has 0 radical (unpaired) electrons. The summed E-state index contributed by atoms with van der Waals surface area (Å²) in [5, 5.41) is 0. The van der Waals surface area contributed by atoms with Crippen LogP contribution in [-0.4, -0.2) is 42.4 Å². The SMILES string of the molecule is C=C(CCl)CN(C)C(CC)CSC. The van der Waals surface area contributed by atoms with E-state index in [1.54, 1.807) is 0 Å². The number of rotatable bonds is 7. The summed E-state index contributed by atoms with van der Waals surface area (Å²) in [4.78, 5) is 2.33. The third-order valence-corrected chi connectivity index (χ3v) is 3.21. The summed E-state index contributed by atoms with van der Waals surface area (Å²) in [5.74, 6) is 1.75. The summed E-state index contributed by atoms with van der Waals surface area (Å²) < 4.78 is 0.